The molecule has 2 atom stereocenters. The molecule has 0 radical (unpaired) electrons. The zero-order chi connectivity index (χ0) is 16.4. The minimum absolute atomic E-state index is 0.0355. The molecule has 0 spiro atoms. The maximum Gasteiger partial charge on any atom is 0.331 e. The Bertz CT molecular complexity index is 715. The summed E-state index contributed by atoms with van der Waals surface area (Å²) in [6, 6.07) is 15.3. The number of carbonyl (C=O) groups is 1. The Morgan fingerprint density at radius 2 is 1.83 bits per heavy atom. The second-order valence-corrected chi connectivity index (χ2v) is 5.23. The molecule has 6 nitrogen and oxygen atoms in total. The number of para-hydroxylation sites is 1. The maximum atomic E-state index is 12.2. The van der Waals surface area contributed by atoms with Gasteiger partial charge in [-0.1, -0.05) is 30.3 Å². The molecular formula is C17H16N2O4. The summed E-state index contributed by atoms with van der Waals surface area (Å²) < 4.78 is 5.14. The summed E-state index contributed by atoms with van der Waals surface area (Å²) in [5.41, 5.74) is 1.82. The van der Waals surface area contributed by atoms with Crippen LogP contribution >= 0.6 is 0 Å². The highest BCUT2D eigenvalue weighted by Gasteiger charge is 2.54. The van der Waals surface area contributed by atoms with E-state index in [0.29, 0.717) is 6.61 Å². The van der Waals surface area contributed by atoms with Crippen molar-refractivity contribution in [1.29, 1.82) is 0 Å². The fraction of sp³-hybridized carbons (Fsp3) is 0.235. The van der Waals surface area contributed by atoms with Crippen LogP contribution in [0.2, 0.25) is 0 Å². The summed E-state index contributed by atoms with van der Waals surface area (Å²) in [5, 5.41) is 10.8. The topological polar surface area (TPSA) is 72.5 Å². The molecule has 0 aliphatic carbocycles. The number of nitrogens with zero attached hydrogens (tertiary/aromatic N) is 2. The molecule has 2 aromatic carbocycles. The molecule has 1 heterocycles. The zero-order valence-electron chi connectivity index (χ0n) is 12.6. The fourth-order valence-electron chi connectivity index (χ4n) is 2.76. The first-order chi connectivity index (χ1) is 11.1. The third-order valence-corrected chi connectivity index (χ3v) is 3.84. The first kappa shape index (κ1) is 15.0. The summed E-state index contributed by atoms with van der Waals surface area (Å²) in [7, 11) is 0. The lowest BCUT2D eigenvalue weighted by Gasteiger charge is -2.05. The van der Waals surface area contributed by atoms with Gasteiger partial charge in [-0.05, 0) is 24.6 Å². The van der Waals surface area contributed by atoms with Gasteiger partial charge < -0.3 is 9.64 Å². The lowest BCUT2D eigenvalue weighted by molar-refractivity contribution is -0.384. The standard InChI is InChI=1S/C17H16N2O4/c1-2-23-17(20)16-15(18(16)13-6-4-3-5-7-13)12-8-10-14(11-9-12)19(21)22/h3-11,15-16H,2H2,1H3/t15-,16-,18?/m1/s1. The summed E-state index contributed by atoms with van der Waals surface area (Å²) in [6.07, 6.45) is 0. The number of hydrogen-bond acceptors (Lipinski definition) is 5. The minimum Gasteiger partial charge on any atom is -0.464 e. The van der Waals surface area contributed by atoms with Crippen LogP contribution in [0.15, 0.2) is 54.6 Å². The van der Waals surface area contributed by atoms with Gasteiger partial charge >= 0.3 is 5.97 Å². The van der Waals surface area contributed by atoms with E-state index in [1.165, 1.54) is 12.1 Å². The Balaban J connectivity index is 1.89. The van der Waals surface area contributed by atoms with Crippen LogP contribution in [0.1, 0.15) is 18.5 Å². The predicted octanol–water partition coefficient (Wildman–Crippen LogP) is 3.09. The smallest absolute Gasteiger partial charge is 0.331 e. The third-order valence-electron chi connectivity index (χ3n) is 3.84. The normalized spacial score (nSPS) is 19.3. The van der Waals surface area contributed by atoms with E-state index in [1.54, 1.807) is 19.1 Å². The summed E-state index contributed by atoms with van der Waals surface area (Å²) in [5.74, 6) is -0.278. The Hall–Kier alpha value is -2.89. The highest BCUT2D eigenvalue weighted by Crippen LogP contribution is 2.47. The van der Waals surface area contributed by atoms with Gasteiger partial charge in [-0.2, -0.15) is 0 Å². The average Bonchev–Trinajstić information content (AvgIpc) is 3.31. The zero-order valence-corrected chi connectivity index (χ0v) is 12.6. The van der Waals surface area contributed by atoms with E-state index in [9.17, 15) is 14.9 Å². The second kappa shape index (κ2) is 6.08. The first-order valence-corrected chi connectivity index (χ1v) is 7.38. The summed E-state index contributed by atoms with van der Waals surface area (Å²) >= 11 is 0. The van der Waals surface area contributed by atoms with Crippen molar-refractivity contribution in [3.63, 3.8) is 0 Å². The Labute approximate surface area is 133 Å². The van der Waals surface area contributed by atoms with E-state index in [2.05, 4.69) is 0 Å². The summed E-state index contributed by atoms with van der Waals surface area (Å²) in [6.45, 7) is 2.10. The molecule has 0 bridgehead atoms. The lowest BCUT2D eigenvalue weighted by atomic mass is 10.1. The molecule has 23 heavy (non-hydrogen) atoms. The highest BCUT2D eigenvalue weighted by atomic mass is 16.6. The Kier molecular flexibility index (Phi) is 3.97. The SMILES string of the molecule is CCOC(=O)[C@H]1[C@@H](c2ccc([N+](=O)[O-])cc2)N1c1ccccc1. The van der Waals surface area contributed by atoms with Crippen molar-refractivity contribution in [1.82, 2.24) is 0 Å². The van der Waals surface area contributed by atoms with Gasteiger partial charge in [0.15, 0.2) is 6.04 Å². The van der Waals surface area contributed by atoms with Crippen LogP contribution in [0.25, 0.3) is 0 Å². The van der Waals surface area contributed by atoms with Crippen LogP contribution in [0, 0.1) is 10.1 Å². The second-order valence-electron chi connectivity index (χ2n) is 5.23. The molecule has 0 unspecified atom stereocenters. The maximum absolute atomic E-state index is 12.2. The molecule has 118 valence electrons. The van der Waals surface area contributed by atoms with E-state index in [0.717, 1.165) is 11.3 Å². The van der Waals surface area contributed by atoms with Crippen LogP contribution in [0.5, 0.6) is 0 Å². The molecular weight excluding hydrogens is 296 g/mol. The van der Waals surface area contributed by atoms with Gasteiger partial charge in [0.25, 0.3) is 5.69 Å². The van der Waals surface area contributed by atoms with Crippen molar-refractivity contribution in [3.05, 3.63) is 70.3 Å². The minimum atomic E-state index is -0.436. The van der Waals surface area contributed by atoms with Gasteiger partial charge in [-0.3, -0.25) is 10.1 Å². The quantitative estimate of drug-likeness (QED) is 0.367. The number of rotatable bonds is 5. The lowest BCUT2D eigenvalue weighted by Crippen LogP contribution is -2.15. The van der Waals surface area contributed by atoms with Crippen LogP contribution in [0.4, 0.5) is 11.4 Å². The first-order valence-electron chi connectivity index (χ1n) is 7.38. The predicted molar refractivity (Wildman–Crippen MR) is 85.2 cm³/mol. The van der Waals surface area contributed by atoms with Crippen molar-refractivity contribution in [2.45, 2.75) is 19.0 Å². The Morgan fingerprint density at radius 1 is 1.17 bits per heavy atom. The number of benzene rings is 2. The van der Waals surface area contributed by atoms with Crippen LogP contribution in [-0.4, -0.2) is 23.5 Å². The largest absolute Gasteiger partial charge is 0.464 e. The third kappa shape index (κ3) is 2.88. The number of anilines is 1. The number of ether oxygens (including phenoxy) is 1. The molecule has 1 fully saturated rings. The number of nitro groups is 1. The van der Waals surface area contributed by atoms with E-state index in [-0.39, 0.29) is 23.7 Å². The number of nitro benzene ring substituents is 1. The molecule has 1 aliphatic rings. The number of carbonyl (C=O) groups excluding carboxylic acids is 1. The molecule has 0 saturated carbocycles. The van der Waals surface area contributed by atoms with E-state index >= 15 is 0 Å². The molecule has 2 aromatic rings. The molecule has 0 aromatic heterocycles. The van der Waals surface area contributed by atoms with Crippen molar-refractivity contribution in [2.24, 2.45) is 0 Å². The number of non-ortho nitro benzene ring substituents is 1. The molecule has 0 N–H and O–H groups in total. The van der Waals surface area contributed by atoms with Crippen molar-refractivity contribution in [3.8, 4) is 0 Å². The van der Waals surface area contributed by atoms with Gasteiger partial charge in [-0.25, -0.2) is 4.79 Å². The van der Waals surface area contributed by atoms with Gasteiger partial charge in [-0.15, -0.1) is 0 Å². The molecule has 0 amide bonds. The molecule has 6 heteroatoms. The van der Waals surface area contributed by atoms with Crippen LogP contribution < -0.4 is 4.90 Å². The monoisotopic (exact) mass is 312 g/mol. The van der Waals surface area contributed by atoms with E-state index in [4.69, 9.17) is 4.74 Å². The number of hydrogen-bond donors (Lipinski definition) is 0. The van der Waals surface area contributed by atoms with Crippen molar-refractivity contribution >= 4 is 17.3 Å². The van der Waals surface area contributed by atoms with E-state index in [1.807, 2.05) is 35.2 Å². The highest BCUT2D eigenvalue weighted by molar-refractivity contribution is 5.88. The van der Waals surface area contributed by atoms with E-state index < -0.39 is 4.92 Å². The van der Waals surface area contributed by atoms with Gasteiger partial charge in [0.05, 0.1) is 17.6 Å². The van der Waals surface area contributed by atoms with Crippen LogP contribution in [-0.2, 0) is 9.53 Å². The average molecular weight is 312 g/mol. The molecule has 1 saturated heterocycles. The fourth-order valence-corrected chi connectivity index (χ4v) is 2.76. The van der Waals surface area contributed by atoms with Gasteiger partial charge in [0.2, 0.25) is 0 Å². The van der Waals surface area contributed by atoms with Crippen molar-refractivity contribution < 1.29 is 14.5 Å². The van der Waals surface area contributed by atoms with Gasteiger partial charge in [0.1, 0.15) is 0 Å². The van der Waals surface area contributed by atoms with Gasteiger partial charge in [0, 0.05) is 17.8 Å². The van der Waals surface area contributed by atoms with Crippen LogP contribution in [0.3, 0.4) is 0 Å². The summed E-state index contributed by atoms with van der Waals surface area (Å²) in [4.78, 5) is 24.5. The molecule has 3 rings (SSSR count). The Morgan fingerprint density at radius 3 is 2.39 bits per heavy atom. The molecule has 1 aliphatic heterocycles. The van der Waals surface area contributed by atoms with Crippen molar-refractivity contribution in [2.75, 3.05) is 11.5 Å². The number of esters is 1.